The number of esters is 1. The Morgan fingerprint density at radius 3 is 2.60 bits per heavy atom. The molecular weight excluding hydrogens is 553 g/mol. The van der Waals surface area contributed by atoms with Gasteiger partial charge >= 0.3 is 197 Å². The molecule has 5 N–H and O–H groups in total. The average molecular weight is 574 g/mol. The number of carbonyl (C=O) groups excluding carboxylic acids is 3. The summed E-state index contributed by atoms with van der Waals surface area (Å²) in [4.78, 5) is 71.7. The first-order valence-corrected chi connectivity index (χ1v) is 12.8. The van der Waals surface area contributed by atoms with E-state index in [-0.39, 0.29) is 54.2 Å². The van der Waals surface area contributed by atoms with E-state index < -0.39 is 46.7 Å². The van der Waals surface area contributed by atoms with Crippen LogP contribution in [0.1, 0.15) is 26.5 Å². The molecule has 0 aromatic carbocycles. The summed E-state index contributed by atoms with van der Waals surface area (Å²) < 4.78 is 5.14. The maximum atomic E-state index is 13.0. The molecule has 1 aromatic rings. The number of fused-ring (bicyclic) bond motifs is 1. The zero-order valence-corrected chi connectivity index (χ0v) is 21.2. The number of aliphatic carboxylic acids is 2. The number of aromatic nitrogens is 1. The third-order valence-electron chi connectivity index (χ3n) is 4.85. The molecule has 35 heavy (non-hydrogen) atoms. The van der Waals surface area contributed by atoms with Crippen LogP contribution in [0.4, 0.5) is 4.69 Å². The van der Waals surface area contributed by atoms with Crippen molar-refractivity contribution in [2.75, 3.05) is 18.1 Å². The molecule has 2 atom stereocenters. The van der Waals surface area contributed by atoms with Crippen LogP contribution in [0, 0.1) is 0 Å². The maximum absolute atomic E-state index is 13.0. The molecule has 2 aliphatic rings. The molecule has 0 unspecified atom stereocenters. The summed E-state index contributed by atoms with van der Waals surface area (Å²) in [5.41, 5.74) is 3.57. The van der Waals surface area contributed by atoms with E-state index in [9.17, 15) is 34.2 Å². The van der Waals surface area contributed by atoms with E-state index >= 15 is 0 Å². The second-order valence-electron chi connectivity index (χ2n) is 7.82. The zero-order chi connectivity index (χ0) is 26.1. The van der Waals surface area contributed by atoms with E-state index in [1.165, 1.54) is 32.5 Å². The molecule has 2 aliphatic heterocycles. The van der Waals surface area contributed by atoms with Crippen LogP contribution in [0.25, 0.3) is 0 Å². The minimum absolute atomic E-state index is 0.0657. The number of nitrogens with zero attached hydrogens (tertiary/aromatic N) is 3. The van der Waals surface area contributed by atoms with E-state index in [2.05, 4.69) is 15.5 Å². The fraction of sp³-hybridized carbons (Fsp3) is 0.421. The van der Waals surface area contributed by atoms with Crippen molar-refractivity contribution in [3.05, 3.63) is 21.9 Å². The van der Waals surface area contributed by atoms with Gasteiger partial charge in [0.15, 0.2) is 0 Å². The first kappa shape index (κ1) is 26.2. The Hall–Kier alpha value is -3.36. The minimum atomic E-state index is -1.76. The van der Waals surface area contributed by atoms with Crippen molar-refractivity contribution in [3.8, 4) is 0 Å². The molecule has 3 rings (SSSR count). The zero-order valence-electron chi connectivity index (χ0n) is 18.6. The van der Waals surface area contributed by atoms with Gasteiger partial charge in [-0.1, -0.05) is 0 Å². The molecule has 2 amide bonds. The van der Waals surface area contributed by atoms with E-state index in [1.54, 1.807) is 4.94 Å². The Bertz CT molecular complexity index is 1160. The number of oxime groups is 1. The van der Waals surface area contributed by atoms with Gasteiger partial charge in [0.1, 0.15) is 0 Å². The van der Waals surface area contributed by atoms with Gasteiger partial charge in [0.2, 0.25) is 0 Å². The number of hydrogen-bond acceptors (Lipinski definition) is 11. The molecule has 1 fully saturated rings. The van der Waals surface area contributed by atoms with Crippen molar-refractivity contribution in [3.63, 3.8) is 0 Å². The Balaban J connectivity index is 1.82. The topological polar surface area (TPSA) is 211 Å². The van der Waals surface area contributed by atoms with Crippen molar-refractivity contribution in [2.45, 2.75) is 37.8 Å². The average Bonchev–Trinajstić information content (AvgIpc) is 3.20. The summed E-state index contributed by atoms with van der Waals surface area (Å²) >= 11 is 0.837. The predicted octanol–water partition coefficient (Wildman–Crippen LogP) is -1.39. The van der Waals surface area contributed by atoms with Crippen LogP contribution in [-0.4, -0.2) is 99.4 Å². The van der Waals surface area contributed by atoms with Crippen LogP contribution < -0.4 is 11.1 Å². The number of β-lactam (4-membered cyclic amide) rings is 1. The Labute approximate surface area is 208 Å². The molecule has 188 valence electrons. The summed E-state index contributed by atoms with van der Waals surface area (Å²) in [6.45, 7) is 3.37. The molecular formula is C19H21N5O9SSe. The summed E-state index contributed by atoms with van der Waals surface area (Å²) in [7, 11) is 0. The Kier molecular flexibility index (Phi) is 7.57. The van der Waals surface area contributed by atoms with Gasteiger partial charge in [-0.05, 0) is 0 Å². The number of thioether (sulfide) groups is 1. The quantitative estimate of drug-likeness (QED) is 0.0883. The van der Waals surface area contributed by atoms with Gasteiger partial charge in [-0.2, -0.15) is 0 Å². The molecule has 0 bridgehead atoms. The van der Waals surface area contributed by atoms with Crippen LogP contribution in [0.2, 0.25) is 0 Å². The van der Waals surface area contributed by atoms with Crippen LogP contribution in [0.3, 0.4) is 0 Å². The number of hydrogen-bond donors (Lipinski definition) is 4. The third kappa shape index (κ3) is 5.49. The van der Waals surface area contributed by atoms with Crippen LogP contribution >= 0.6 is 11.8 Å². The number of carboxylic acids is 2. The Morgan fingerprint density at radius 1 is 1.37 bits per heavy atom. The van der Waals surface area contributed by atoms with E-state index in [1.807, 2.05) is 0 Å². The van der Waals surface area contributed by atoms with Gasteiger partial charge in [0.25, 0.3) is 0 Å². The number of nitrogens with one attached hydrogen (secondary N) is 1. The van der Waals surface area contributed by atoms with E-state index in [4.69, 9.17) is 15.3 Å². The van der Waals surface area contributed by atoms with Gasteiger partial charge in [-0.3, -0.25) is 4.79 Å². The number of carboxylic acid groups (broad SMARTS) is 2. The second kappa shape index (κ2) is 10.1. The number of ether oxygens (including phenoxy) is 1. The molecule has 14 nitrogen and oxygen atoms in total. The number of carbonyl (C=O) groups is 5. The van der Waals surface area contributed by atoms with E-state index in [0.29, 0.717) is 0 Å². The van der Waals surface area contributed by atoms with Gasteiger partial charge in [-0.15, -0.1) is 0 Å². The standard InChI is InChI=1S/C19H21N5O9SSe/c1-7(25)32-4-8-5-34-15-11(14(27)24(15)12(8)16(28)29)22-13(26)10(9-6-35-18(20)21-9)23-33-19(2,3)17(30)31/h6,11,15H,4-5H2,1-3H3,(H2,20,21)(H,22,26)(H,28,29)(H,30,31)/b23-10-/t11-,15-/m1/s1. The number of anilines is 1. The molecule has 0 aliphatic carbocycles. The summed E-state index contributed by atoms with van der Waals surface area (Å²) in [6, 6.07) is -1.09. The number of amides is 2. The van der Waals surface area contributed by atoms with Gasteiger partial charge in [-0.25, -0.2) is 0 Å². The molecule has 0 radical (unpaired) electrons. The molecule has 3 heterocycles. The van der Waals surface area contributed by atoms with Gasteiger partial charge in [0, 0.05) is 6.92 Å². The fourth-order valence-electron chi connectivity index (χ4n) is 2.99. The van der Waals surface area contributed by atoms with Crippen molar-refractivity contribution < 1.29 is 43.8 Å². The van der Waals surface area contributed by atoms with Gasteiger partial charge < -0.3 is 0 Å². The second-order valence-corrected chi connectivity index (χ2v) is 10.8. The monoisotopic (exact) mass is 575 g/mol. The molecule has 1 aromatic heterocycles. The Morgan fingerprint density at radius 2 is 2.06 bits per heavy atom. The number of nitrogen functional groups attached to an aromatic ring is 1. The van der Waals surface area contributed by atoms with Crippen molar-refractivity contribution >= 4 is 66.4 Å². The molecule has 0 spiro atoms. The molecule has 16 heteroatoms. The van der Waals surface area contributed by atoms with Crippen molar-refractivity contribution in [1.82, 2.24) is 15.2 Å². The number of rotatable bonds is 9. The fourth-order valence-corrected chi connectivity index (χ4v) is 5.47. The third-order valence-corrected chi connectivity index (χ3v) is 7.60. The summed E-state index contributed by atoms with van der Waals surface area (Å²) in [6.07, 6.45) is 0. The van der Waals surface area contributed by atoms with Crippen LogP contribution in [-0.2, 0) is 33.5 Å². The van der Waals surface area contributed by atoms with Crippen LogP contribution in [0.15, 0.2) is 21.4 Å². The van der Waals surface area contributed by atoms with E-state index in [0.717, 1.165) is 4.90 Å². The molecule has 1 saturated heterocycles. The first-order chi connectivity index (χ1) is 16.3. The first-order valence-electron chi connectivity index (χ1n) is 9.88. The summed E-state index contributed by atoms with van der Waals surface area (Å²) in [5.74, 6) is -4.70. The van der Waals surface area contributed by atoms with Crippen molar-refractivity contribution in [1.29, 1.82) is 0 Å². The normalized spacial score (nSPS) is 20.0. The predicted molar refractivity (Wildman–Crippen MR) is 121 cm³/mol. The van der Waals surface area contributed by atoms with Crippen molar-refractivity contribution in [2.24, 2.45) is 5.16 Å². The SMILES string of the molecule is CC(=O)OCC1=C(C(=O)O)N2C(=O)[C@@H](NC(=O)/C(=N\OC(C)(C)C(=O)O)c3c[se]c(N)n3)[C@H]2SC1. The van der Waals surface area contributed by atoms with Crippen LogP contribution in [0.5, 0.6) is 0 Å². The van der Waals surface area contributed by atoms with Gasteiger partial charge in [0.05, 0.1) is 0 Å². The number of nitrogens with two attached hydrogens (primary N) is 1. The molecule has 0 saturated carbocycles. The summed E-state index contributed by atoms with van der Waals surface area (Å²) in [5, 5.41) is 24.3.